The van der Waals surface area contributed by atoms with Crippen LogP contribution >= 0.6 is 0 Å². The van der Waals surface area contributed by atoms with Crippen molar-refractivity contribution in [3.8, 4) is 23.0 Å². The SMILES string of the molecule is Oc1cc(-c2ncc3c(N4C[C@H]5CC[C@@H](C4)N5)nc(OC[C@@]45CCCN4C[C@H](F)C5)nc3c2F)c2c(F)cccc2c1. The van der Waals surface area contributed by atoms with E-state index in [1.165, 1.54) is 30.5 Å². The van der Waals surface area contributed by atoms with Crippen molar-refractivity contribution < 1.29 is 23.0 Å². The molecule has 4 aliphatic rings. The van der Waals surface area contributed by atoms with Gasteiger partial charge in [-0.1, -0.05) is 12.1 Å². The van der Waals surface area contributed by atoms with Gasteiger partial charge in [0, 0.05) is 55.3 Å². The van der Waals surface area contributed by atoms with E-state index in [-0.39, 0.29) is 40.5 Å². The monoisotopic (exact) mass is 576 g/mol. The number of piperazine rings is 1. The molecular weight excluding hydrogens is 545 g/mol. The zero-order valence-electron chi connectivity index (χ0n) is 23.0. The Labute approximate surface area is 240 Å². The molecule has 0 saturated carbocycles. The molecule has 0 radical (unpaired) electrons. The molecule has 2 aromatic carbocycles. The molecule has 6 heterocycles. The number of aromatic hydroxyl groups is 1. The molecule has 4 fully saturated rings. The maximum absolute atomic E-state index is 16.5. The van der Waals surface area contributed by atoms with Crippen LogP contribution in [0, 0.1) is 11.6 Å². The Bertz CT molecular complexity index is 1710. The van der Waals surface area contributed by atoms with Gasteiger partial charge in [0.25, 0.3) is 0 Å². The number of benzene rings is 2. The quantitative estimate of drug-likeness (QED) is 0.353. The second-order valence-electron chi connectivity index (χ2n) is 12.3. The molecule has 0 unspecified atom stereocenters. The van der Waals surface area contributed by atoms with E-state index < -0.39 is 23.3 Å². The van der Waals surface area contributed by atoms with Crippen LogP contribution < -0.4 is 15.0 Å². The molecule has 2 aromatic heterocycles. The lowest BCUT2D eigenvalue weighted by Gasteiger charge is -2.34. The molecule has 4 atom stereocenters. The van der Waals surface area contributed by atoms with Gasteiger partial charge in [0.2, 0.25) is 0 Å². The third-order valence-corrected chi connectivity index (χ3v) is 9.56. The molecule has 2 bridgehead atoms. The number of ether oxygens (including phenoxy) is 1. The first-order valence-electron chi connectivity index (χ1n) is 14.7. The predicted molar refractivity (Wildman–Crippen MR) is 153 cm³/mol. The van der Waals surface area contributed by atoms with Crippen molar-refractivity contribution in [1.29, 1.82) is 0 Å². The number of hydrogen-bond acceptors (Lipinski definition) is 8. The highest BCUT2D eigenvalue weighted by molar-refractivity contribution is 6.00. The van der Waals surface area contributed by atoms with Crippen LogP contribution in [-0.2, 0) is 0 Å². The number of phenols is 1. The third-order valence-electron chi connectivity index (χ3n) is 9.56. The lowest BCUT2D eigenvalue weighted by Crippen LogP contribution is -2.51. The topological polar surface area (TPSA) is 86.6 Å². The summed E-state index contributed by atoms with van der Waals surface area (Å²) in [6, 6.07) is 7.88. The largest absolute Gasteiger partial charge is 0.508 e. The van der Waals surface area contributed by atoms with Gasteiger partial charge in [0.05, 0.1) is 10.9 Å². The number of nitrogens with zero attached hydrogens (tertiary/aromatic N) is 5. The minimum absolute atomic E-state index is 0.00859. The first-order valence-corrected chi connectivity index (χ1v) is 14.7. The fourth-order valence-electron chi connectivity index (χ4n) is 7.69. The summed E-state index contributed by atoms with van der Waals surface area (Å²) in [6.07, 6.45) is 4.94. The molecule has 4 saturated heterocycles. The Morgan fingerprint density at radius 3 is 2.76 bits per heavy atom. The summed E-state index contributed by atoms with van der Waals surface area (Å²) in [4.78, 5) is 18.0. The maximum Gasteiger partial charge on any atom is 0.319 e. The van der Waals surface area contributed by atoms with Crippen LogP contribution in [0.5, 0.6) is 11.8 Å². The lowest BCUT2D eigenvalue weighted by atomic mass is 9.95. The van der Waals surface area contributed by atoms with Gasteiger partial charge in [-0.15, -0.1) is 0 Å². The Hall–Kier alpha value is -3.70. The molecule has 42 heavy (non-hydrogen) atoms. The van der Waals surface area contributed by atoms with E-state index in [2.05, 4.69) is 25.1 Å². The molecule has 8 nitrogen and oxygen atoms in total. The summed E-state index contributed by atoms with van der Waals surface area (Å²) >= 11 is 0. The summed E-state index contributed by atoms with van der Waals surface area (Å²) in [5, 5.41) is 15.0. The molecule has 0 aliphatic carbocycles. The fraction of sp³-hybridized carbons (Fsp3) is 0.452. The van der Waals surface area contributed by atoms with Gasteiger partial charge in [-0.25, -0.2) is 13.2 Å². The van der Waals surface area contributed by atoms with Crippen LogP contribution in [-0.4, -0.2) is 81.5 Å². The summed E-state index contributed by atoms with van der Waals surface area (Å²) in [5.74, 6) is -0.889. The van der Waals surface area contributed by atoms with Crippen LogP contribution in [0.4, 0.5) is 19.0 Å². The molecule has 8 rings (SSSR count). The molecule has 218 valence electrons. The second kappa shape index (κ2) is 9.67. The Balaban J connectivity index is 1.26. The molecule has 2 N–H and O–H groups in total. The summed E-state index contributed by atoms with van der Waals surface area (Å²) in [5.41, 5.74) is -0.396. The molecule has 4 aliphatic heterocycles. The van der Waals surface area contributed by atoms with Gasteiger partial charge in [0.1, 0.15) is 41.4 Å². The number of pyridine rings is 1. The van der Waals surface area contributed by atoms with Crippen LogP contribution in [0.25, 0.3) is 32.9 Å². The van der Waals surface area contributed by atoms with Crippen molar-refractivity contribution in [2.75, 3.05) is 37.7 Å². The highest BCUT2D eigenvalue weighted by Gasteiger charge is 2.49. The normalized spacial score (nSPS) is 27.3. The van der Waals surface area contributed by atoms with Crippen LogP contribution in [0.15, 0.2) is 36.5 Å². The Morgan fingerprint density at radius 2 is 1.93 bits per heavy atom. The van der Waals surface area contributed by atoms with Crippen LogP contribution in [0.1, 0.15) is 32.1 Å². The molecule has 0 amide bonds. The van der Waals surface area contributed by atoms with Gasteiger partial charge in [-0.2, -0.15) is 9.97 Å². The highest BCUT2D eigenvalue weighted by Crippen LogP contribution is 2.41. The van der Waals surface area contributed by atoms with E-state index in [4.69, 9.17) is 9.72 Å². The lowest BCUT2D eigenvalue weighted by molar-refractivity contribution is 0.107. The molecule has 11 heteroatoms. The van der Waals surface area contributed by atoms with Crippen LogP contribution in [0.3, 0.4) is 0 Å². The van der Waals surface area contributed by atoms with Gasteiger partial charge < -0.3 is 20.1 Å². The first kappa shape index (κ1) is 26.0. The number of rotatable bonds is 5. The van der Waals surface area contributed by atoms with Crippen molar-refractivity contribution in [3.05, 3.63) is 48.2 Å². The Morgan fingerprint density at radius 1 is 1.10 bits per heavy atom. The van der Waals surface area contributed by atoms with Crippen molar-refractivity contribution in [2.24, 2.45) is 0 Å². The number of halogens is 3. The van der Waals surface area contributed by atoms with Gasteiger partial charge in [-0.05, 0) is 55.8 Å². The van der Waals surface area contributed by atoms with Gasteiger partial charge in [0.15, 0.2) is 5.82 Å². The minimum atomic E-state index is -0.901. The zero-order valence-corrected chi connectivity index (χ0v) is 23.0. The average molecular weight is 577 g/mol. The van der Waals surface area contributed by atoms with Gasteiger partial charge in [-0.3, -0.25) is 9.88 Å². The van der Waals surface area contributed by atoms with Crippen molar-refractivity contribution in [2.45, 2.75) is 55.9 Å². The Kier molecular flexibility index (Phi) is 5.98. The fourth-order valence-corrected chi connectivity index (χ4v) is 7.69. The van der Waals surface area contributed by atoms with Crippen molar-refractivity contribution in [3.63, 3.8) is 0 Å². The standard InChI is InChI=1S/C31H31F3N6O2/c32-18-11-31(7-2-8-40(31)13-18)16-42-30-37-28-23(29(38-30)39-14-19-5-6-20(15-39)36-19)12-35-27(26(28)34)22-10-21(41)9-17-3-1-4-24(33)25(17)22/h1,3-4,9-10,12,18-20,36,41H,2,5-8,11,13-16H2/t18-,19-,20+,31+/m1/s1. The summed E-state index contributed by atoms with van der Waals surface area (Å²) in [7, 11) is 0. The number of anilines is 1. The van der Waals surface area contributed by atoms with E-state index in [1.54, 1.807) is 6.07 Å². The minimum Gasteiger partial charge on any atom is -0.508 e. The van der Waals surface area contributed by atoms with E-state index in [9.17, 15) is 9.50 Å². The molecular formula is C31H31F3N6O2. The van der Waals surface area contributed by atoms with E-state index in [0.717, 1.165) is 32.2 Å². The number of nitrogens with one attached hydrogen (secondary N) is 1. The average Bonchev–Trinajstić information content (AvgIpc) is 3.61. The highest BCUT2D eigenvalue weighted by atomic mass is 19.1. The zero-order chi connectivity index (χ0) is 28.6. The van der Waals surface area contributed by atoms with Crippen molar-refractivity contribution in [1.82, 2.24) is 25.2 Å². The molecule has 4 aromatic rings. The van der Waals surface area contributed by atoms with Gasteiger partial charge >= 0.3 is 6.01 Å². The predicted octanol–water partition coefficient (Wildman–Crippen LogP) is 4.72. The van der Waals surface area contributed by atoms with E-state index in [1.807, 2.05) is 0 Å². The van der Waals surface area contributed by atoms with E-state index in [0.29, 0.717) is 54.7 Å². The molecule has 0 spiro atoms. The third kappa shape index (κ3) is 4.16. The second-order valence-corrected chi connectivity index (χ2v) is 12.3. The number of fused-ring (bicyclic) bond motifs is 5. The van der Waals surface area contributed by atoms with E-state index >= 15 is 8.78 Å². The van der Waals surface area contributed by atoms with Crippen molar-refractivity contribution >= 4 is 27.5 Å². The number of hydrogen-bond donors (Lipinski definition) is 2. The number of aromatic nitrogens is 3. The summed E-state index contributed by atoms with van der Waals surface area (Å²) < 4.78 is 52.2. The number of alkyl halides is 1. The number of phenolic OH excluding ortho intramolecular Hbond substituents is 1. The smallest absolute Gasteiger partial charge is 0.319 e. The summed E-state index contributed by atoms with van der Waals surface area (Å²) in [6.45, 7) is 2.85. The van der Waals surface area contributed by atoms with Crippen LogP contribution in [0.2, 0.25) is 0 Å². The maximum atomic E-state index is 16.5. The first-order chi connectivity index (χ1) is 20.4.